The zero-order valence-corrected chi connectivity index (χ0v) is 9.06. The fourth-order valence-electron chi connectivity index (χ4n) is 0.358. The standard InChI is InChI=1S/C4H9NO4S.Na/c6-3-1-2-5-4-10(7,8)9;/h3,5H,1-2,4H2,(H,7,8,9);/q;+1/p-1. The number of nitrogens with one attached hydrogen (secondary N) is 1. The molecule has 0 heterocycles. The second kappa shape index (κ2) is 7.20. The summed E-state index contributed by atoms with van der Waals surface area (Å²) in [5.74, 6) is -0.610. The van der Waals surface area contributed by atoms with Crippen LogP contribution in [-0.2, 0) is 14.9 Å². The molecule has 0 aliphatic heterocycles. The van der Waals surface area contributed by atoms with Gasteiger partial charge in [0.1, 0.15) is 16.4 Å². The average molecular weight is 189 g/mol. The number of aldehydes is 1. The molecular weight excluding hydrogens is 181 g/mol. The van der Waals surface area contributed by atoms with Crippen molar-refractivity contribution >= 4 is 16.4 Å². The molecule has 0 saturated carbocycles. The first-order chi connectivity index (χ1) is 4.56. The van der Waals surface area contributed by atoms with E-state index >= 15 is 0 Å². The molecule has 0 unspecified atom stereocenters. The van der Waals surface area contributed by atoms with Crippen LogP contribution < -0.4 is 34.9 Å². The molecule has 0 amide bonds. The van der Waals surface area contributed by atoms with Crippen LogP contribution >= 0.6 is 0 Å². The first-order valence-electron chi connectivity index (χ1n) is 2.64. The minimum Gasteiger partial charge on any atom is -0.747 e. The number of rotatable bonds is 5. The molecule has 1 N–H and O–H groups in total. The molecule has 0 aromatic carbocycles. The Hall–Kier alpha value is 0.540. The van der Waals surface area contributed by atoms with Crippen molar-refractivity contribution in [1.29, 1.82) is 0 Å². The summed E-state index contributed by atoms with van der Waals surface area (Å²) in [6.45, 7) is 0.227. The largest absolute Gasteiger partial charge is 1.00 e. The quantitative estimate of drug-likeness (QED) is 0.204. The van der Waals surface area contributed by atoms with Gasteiger partial charge in [-0.1, -0.05) is 0 Å². The molecule has 5 nitrogen and oxygen atoms in total. The van der Waals surface area contributed by atoms with Gasteiger partial charge in [-0.2, -0.15) is 0 Å². The molecule has 0 radical (unpaired) electrons. The fraction of sp³-hybridized carbons (Fsp3) is 0.750. The van der Waals surface area contributed by atoms with Crippen LogP contribution in [0, 0.1) is 0 Å². The van der Waals surface area contributed by atoms with Gasteiger partial charge < -0.3 is 14.7 Å². The van der Waals surface area contributed by atoms with Gasteiger partial charge in [-0.25, -0.2) is 8.42 Å². The van der Waals surface area contributed by atoms with Crippen LogP contribution in [0.25, 0.3) is 0 Å². The summed E-state index contributed by atoms with van der Waals surface area (Å²) in [4.78, 5) is 9.66. The molecule has 0 aliphatic rings. The summed E-state index contributed by atoms with van der Waals surface area (Å²) in [5.41, 5.74) is 0. The van der Waals surface area contributed by atoms with Crippen molar-refractivity contribution < 1.29 is 47.3 Å². The SMILES string of the molecule is O=CCCNCS(=O)(=O)[O-].[Na+]. The number of hydrogen-bond donors (Lipinski definition) is 1. The second-order valence-electron chi connectivity index (χ2n) is 1.66. The van der Waals surface area contributed by atoms with Gasteiger partial charge in [0, 0.05) is 13.0 Å². The third-order valence-electron chi connectivity index (χ3n) is 0.718. The normalized spacial score (nSPS) is 10.3. The Bertz CT molecular complexity index is 190. The van der Waals surface area contributed by atoms with Crippen LogP contribution in [0.3, 0.4) is 0 Å². The van der Waals surface area contributed by atoms with E-state index in [2.05, 4.69) is 5.32 Å². The molecule has 0 rings (SSSR count). The van der Waals surface area contributed by atoms with Gasteiger partial charge in [0.05, 0.1) is 5.88 Å². The minimum atomic E-state index is -4.18. The van der Waals surface area contributed by atoms with Crippen molar-refractivity contribution in [2.24, 2.45) is 0 Å². The van der Waals surface area contributed by atoms with Gasteiger partial charge in [0.25, 0.3) is 0 Å². The van der Waals surface area contributed by atoms with Crippen LogP contribution in [0.5, 0.6) is 0 Å². The third-order valence-corrected chi connectivity index (χ3v) is 1.28. The first kappa shape index (κ1) is 14.1. The zero-order chi connectivity index (χ0) is 8.04. The Morgan fingerprint density at radius 1 is 1.45 bits per heavy atom. The van der Waals surface area contributed by atoms with Gasteiger partial charge in [-0.15, -0.1) is 0 Å². The van der Waals surface area contributed by atoms with Gasteiger partial charge in [-0.05, 0) is 0 Å². The smallest absolute Gasteiger partial charge is 0.747 e. The van der Waals surface area contributed by atoms with Crippen molar-refractivity contribution in [1.82, 2.24) is 5.32 Å². The fourth-order valence-corrected chi connectivity index (χ4v) is 0.752. The number of carbonyl (C=O) groups is 1. The number of hydrogen-bond acceptors (Lipinski definition) is 5. The van der Waals surface area contributed by atoms with E-state index in [-0.39, 0.29) is 42.5 Å². The van der Waals surface area contributed by atoms with Crippen LogP contribution in [0.2, 0.25) is 0 Å². The molecule has 60 valence electrons. The molecule has 0 fully saturated rings. The summed E-state index contributed by atoms with van der Waals surface area (Å²) in [6.07, 6.45) is 0.861. The van der Waals surface area contributed by atoms with Crippen LogP contribution in [0.4, 0.5) is 0 Å². The van der Waals surface area contributed by atoms with E-state index in [4.69, 9.17) is 0 Å². The second-order valence-corrected chi connectivity index (χ2v) is 3.06. The van der Waals surface area contributed by atoms with Crippen molar-refractivity contribution in [2.45, 2.75) is 6.42 Å². The summed E-state index contributed by atoms with van der Waals surface area (Å²) in [6, 6.07) is 0. The van der Waals surface area contributed by atoms with E-state index < -0.39 is 16.0 Å². The molecule has 0 aromatic heterocycles. The first-order valence-corrected chi connectivity index (χ1v) is 4.22. The Kier molecular flexibility index (Phi) is 9.22. The average Bonchev–Trinajstić information content (AvgIpc) is 1.78. The Labute approximate surface area is 87.6 Å². The van der Waals surface area contributed by atoms with Gasteiger partial charge in [0.2, 0.25) is 0 Å². The van der Waals surface area contributed by atoms with Crippen molar-refractivity contribution in [3.05, 3.63) is 0 Å². The predicted octanol–water partition coefficient (Wildman–Crippen LogP) is -4.33. The van der Waals surface area contributed by atoms with E-state index in [1.165, 1.54) is 0 Å². The maximum Gasteiger partial charge on any atom is 1.00 e. The maximum absolute atomic E-state index is 9.89. The van der Waals surface area contributed by atoms with Crippen molar-refractivity contribution in [3.8, 4) is 0 Å². The Morgan fingerprint density at radius 3 is 2.36 bits per heavy atom. The Balaban J connectivity index is 0. The summed E-state index contributed by atoms with van der Waals surface area (Å²) >= 11 is 0. The van der Waals surface area contributed by atoms with Crippen LogP contribution in [0.1, 0.15) is 6.42 Å². The van der Waals surface area contributed by atoms with Crippen LogP contribution in [0.15, 0.2) is 0 Å². The van der Waals surface area contributed by atoms with Crippen molar-refractivity contribution in [2.75, 3.05) is 12.4 Å². The third kappa shape index (κ3) is 13.5. The van der Waals surface area contributed by atoms with E-state index in [0.717, 1.165) is 0 Å². The molecule has 0 aromatic rings. The van der Waals surface area contributed by atoms with E-state index in [1.807, 2.05) is 0 Å². The number of carbonyl (C=O) groups excluding carboxylic acids is 1. The Morgan fingerprint density at radius 2 is 2.00 bits per heavy atom. The molecular formula is C4H8NNaO4S. The topological polar surface area (TPSA) is 86.3 Å². The molecule has 0 saturated heterocycles. The summed E-state index contributed by atoms with van der Waals surface area (Å²) in [7, 11) is -4.18. The molecule has 0 aliphatic carbocycles. The molecule has 7 heteroatoms. The molecule has 0 spiro atoms. The monoisotopic (exact) mass is 189 g/mol. The van der Waals surface area contributed by atoms with Gasteiger partial charge in [0.15, 0.2) is 0 Å². The van der Waals surface area contributed by atoms with Crippen LogP contribution in [-0.4, -0.2) is 31.7 Å². The van der Waals surface area contributed by atoms with E-state index in [9.17, 15) is 17.8 Å². The molecule has 0 bridgehead atoms. The van der Waals surface area contributed by atoms with Gasteiger partial charge in [-0.3, -0.25) is 0 Å². The maximum atomic E-state index is 9.89. The van der Waals surface area contributed by atoms with Gasteiger partial charge >= 0.3 is 29.6 Å². The zero-order valence-electron chi connectivity index (χ0n) is 6.24. The summed E-state index contributed by atoms with van der Waals surface area (Å²) in [5, 5.41) is 2.29. The van der Waals surface area contributed by atoms with E-state index in [1.54, 1.807) is 0 Å². The van der Waals surface area contributed by atoms with E-state index in [0.29, 0.717) is 6.29 Å². The minimum absolute atomic E-state index is 0. The molecule has 11 heavy (non-hydrogen) atoms. The summed E-state index contributed by atoms with van der Waals surface area (Å²) < 4.78 is 29.7. The molecule has 0 atom stereocenters. The predicted molar refractivity (Wildman–Crippen MR) is 33.2 cm³/mol. The van der Waals surface area contributed by atoms with Crippen molar-refractivity contribution in [3.63, 3.8) is 0 Å².